The van der Waals surface area contributed by atoms with Gasteiger partial charge in [-0.25, -0.2) is 8.42 Å². The van der Waals surface area contributed by atoms with Gasteiger partial charge < -0.3 is 15.1 Å². The summed E-state index contributed by atoms with van der Waals surface area (Å²) in [6.45, 7) is 2.81. The fraction of sp³-hybridized carbons (Fsp3) is 0.167. The maximum atomic E-state index is 13.3. The minimum absolute atomic E-state index is 0.0562. The van der Waals surface area contributed by atoms with Crippen LogP contribution < -0.4 is 14.9 Å². The fourth-order valence-electron chi connectivity index (χ4n) is 3.11. The first kappa shape index (κ1) is 25.2. The lowest BCUT2D eigenvalue weighted by molar-refractivity contribution is 0.265. The molecule has 0 fully saturated rings. The van der Waals surface area contributed by atoms with Gasteiger partial charge in [0.1, 0.15) is 5.75 Å². The highest BCUT2D eigenvalue weighted by atomic mass is 32.2. The third-order valence-corrected chi connectivity index (χ3v) is 7.81. The zero-order chi connectivity index (χ0) is 24.8. The number of hydrazone groups is 1. The van der Waals surface area contributed by atoms with E-state index in [1.165, 1.54) is 37.6 Å². The molecule has 8 nitrogen and oxygen atoms in total. The number of nitrogens with zero attached hydrogens (tertiary/aromatic N) is 2. The number of amides is 1. The molecule has 0 aliphatic heterocycles. The molecule has 0 radical (unpaired) electrons. The van der Waals surface area contributed by atoms with E-state index < -0.39 is 22.8 Å². The van der Waals surface area contributed by atoms with Gasteiger partial charge in [-0.2, -0.15) is 9.41 Å². The van der Waals surface area contributed by atoms with Crippen molar-refractivity contribution in [1.82, 2.24) is 0 Å². The Kier molecular flexibility index (Phi) is 7.91. The zero-order valence-electron chi connectivity index (χ0n) is 18.9. The molecule has 0 unspecified atom stereocenters. The Morgan fingerprint density at radius 2 is 1.71 bits per heavy atom. The minimum atomic E-state index is -4.29. The Morgan fingerprint density at radius 3 is 2.32 bits per heavy atom. The molecule has 10 heteroatoms. The molecule has 0 saturated carbocycles. The predicted molar refractivity (Wildman–Crippen MR) is 135 cm³/mol. The monoisotopic (exact) mass is 499 g/mol. The van der Waals surface area contributed by atoms with Gasteiger partial charge in [0.15, 0.2) is 7.14 Å². The molecule has 2 N–H and O–H groups in total. The van der Waals surface area contributed by atoms with Crippen molar-refractivity contribution >= 4 is 34.7 Å². The third kappa shape index (κ3) is 6.12. The Bertz CT molecular complexity index is 1320. The summed E-state index contributed by atoms with van der Waals surface area (Å²) in [7, 11) is -7.72. The normalized spacial score (nSPS) is 11.9. The van der Waals surface area contributed by atoms with Gasteiger partial charge in [-0.15, -0.1) is 0 Å². The second-order valence-corrected chi connectivity index (χ2v) is 12.7. The molecule has 0 heterocycles. The Balaban J connectivity index is 1.84. The lowest BCUT2D eigenvalue weighted by Gasteiger charge is -2.24. The average molecular weight is 500 g/mol. The van der Waals surface area contributed by atoms with E-state index in [0.29, 0.717) is 23.1 Å². The summed E-state index contributed by atoms with van der Waals surface area (Å²) in [5.41, 5.74) is 0.996. The van der Waals surface area contributed by atoms with E-state index in [1.54, 1.807) is 36.5 Å². The van der Waals surface area contributed by atoms with Crippen LogP contribution in [0, 0.1) is 0 Å². The van der Waals surface area contributed by atoms with Crippen molar-refractivity contribution in [2.24, 2.45) is 10.9 Å². The van der Waals surface area contributed by atoms with Gasteiger partial charge in [0.05, 0.1) is 23.4 Å². The van der Waals surface area contributed by atoms with Crippen LogP contribution >= 0.6 is 7.14 Å². The Labute approximate surface area is 199 Å². The number of rotatable bonds is 9. The van der Waals surface area contributed by atoms with Crippen molar-refractivity contribution in [3.05, 3.63) is 90.0 Å². The Hall–Kier alpha value is -3.42. The van der Waals surface area contributed by atoms with Crippen LogP contribution in [0.15, 0.2) is 88.9 Å². The fourth-order valence-corrected chi connectivity index (χ4v) is 5.89. The summed E-state index contributed by atoms with van der Waals surface area (Å²) in [6.07, 6.45) is 2.15. The zero-order valence-corrected chi connectivity index (χ0v) is 20.6. The summed E-state index contributed by atoms with van der Waals surface area (Å²) in [6, 6.07) is 21.4. The molecule has 3 aromatic carbocycles. The standard InChI is InChI=1S/C24H26N3O5PS/c1-33(2,29)24(28)27(34(30,31)23-9-4-3-5-10-23)21-7-6-8-22(17-21)32-16-15-19-11-13-20(14-12-19)18-26-25/h3-14,17-18H,15-16,25H2,1-2H3. The molecule has 34 heavy (non-hydrogen) atoms. The van der Waals surface area contributed by atoms with Crippen LogP contribution in [0.1, 0.15) is 11.1 Å². The van der Waals surface area contributed by atoms with Crippen LogP contribution in [0.5, 0.6) is 5.75 Å². The molecule has 3 rings (SSSR count). The molecule has 0 aliphatic rings. The summed E-state index contributed by atoms with van der Waals surface area (Å²) in [5.74, 6) is 5.53. The van der Waals surface area contributed by atoms with E-state index in [1.807, 2.05) is 24.3 Å². The second kappa shape index (κ2) is 10.7. The molecule has 0 aromatic heterocycles. The molecular formula is C24H26N3O5PS. The van der Waals surface area contributed by atoms with Gasteiger partial charge in [0.2, 0.25) is 0 Å². The van der Waals surface area contributed by atoms with Crippen molar-refractivity contribution in [1.29, 1.82) is 0 Å². The van der Waals surface area contributed by atoms with Crippen LogP contribution in [0.3, 0.4) is 0 Å². The van der Waals surface area contributed by atoms with E-state index in [9.17, 15) is 17.8 Å². The van der Waals surface area contributed by atoms with E-state index in [-0.39, 0.29) is 10.6 Å². The third-order valence-electron chi connectivity index (χ3n) is 4.83. The SMILES string of the molecule is CP(C)(=O)C(=O)N(c1cccc(OCCc2ccc(C=NN)cc2)c1)S(=O)(=O)c1ccccc1. The van der Waals surface area contributed by atoms with Gasteiger partial charge in [-0.3, -0.25) is 4.79 Å². The van der Waals surface area contributed by atoms with Crippen molar-refractivity contribution in [2.75, 3.05) is 24.2 Å². The molecule has 178 valence electrons. The van der Waals surface area contributed by atoms with Gasteiger partial charge >= 0.3 is 0 Å². The number of carbonyl (C=O) groups is 1. The lowest BCUT2D eigenvalue weighted by atomic mass is 10.1. The summed E-state index contributed by atoms with van der Waals surface area (Å²) >= 11 is 0. The molecule has 0 atom stereocenters. The Morgan fingerprint density at radius 1 is 1.03 bits per heavy atom. The lowest BCUT2D eigenvalue weighted by Crippen LogP contribution is -2.35. The highest BCUT2D eigenvalue weighted by Gasteiger charge is 2.37. The second-order valence-electron chi connectivity index (χ2n) is 7.83. The van der Waals surface area contributed by atoms with Gasteiger partial charge in [-0.05, 0) is 48.7 Å². The van der Waals surface area contributed by atoms with Crippen molar-refractivity contribution in [3.8, 4) is 5.75 Å². The summed E-state index contributed by atoms with van der Waals surface area (Å²) < 4.78 is 45.7. The molecule has 0 bridgehead atoms. The first-order valence-electron chi connectivity index (χ1n) is 10.4. The smallest absolute Gasteiger partial charge is 0.298 e. The number of nitrogens with two attached hydrogens (primary N) is 1. The summed E-state index contributed by atoms with van der Waals surface area (Å²) in [5, 5.41) is 3.49. The van der Waals surface area contributed by atoms with Crippen molar-refractivity contribution in [3.63, 3.8) is 0 Å². The largest absolute Gasteiger partial charge is 0.493 e. The number of benzene rings is 3. The molecule has 3 aromatic rings. The van der Waals surface area contributed by atoms with E-state index in [2.05, 4.69) is 5.10 Å². The van der Waals surface area contributed by atoms with E-state index in [0.717, 1.165) is 11.1 Å². The molecule has 1 amide bonds. The molecule has 0 saturated heterocycles. The van der Waals surface area contributed by atoms with Crippen LogP contribution in [0.4, 0.5) is 10.5 Å². The highest BCUT2D eigenvalue weighted by molar-refractivity contribution is 7.96. The molecule has 0 spiro atoms. The maximum Gasteiger partial charge on any atom is 0.298 e. The van der Waals surface area contributed by atoms with Crippen LogP contribution in [-0.2, 0) is 21.0 Å². The number of carbonyl (C=O) groups excluding carboxylic acids is 1. The van der Waals surface area contributed by atoms with Crippen LogP contribution in [0.2, 0.25) is 0 Å². The minimum Gasteiger partial charge on any atom is -0.493 e. The molecular weight excluding hydrogens is 473 g/mol. The van der Waals surface area contributed by atoms with Crippen molar-refractivity contribution < 1.29 is 22.5 Å². The number of hydrogen-bond acceptors (Lipinski definition) is 7. The number of anilines is 1. The van der Waals surface area contributed by atoms with Crippen molar-refractivity contribution in [2.45, 2.75) is 11.3 Å². The first-order chi connectivity index (χ1) is 16.1. The van der Waals surface area contributed by atoms with Gasteiger partial charge in [-0.1, -0.05) is 48.5 Å². The van der Waals surface area contributed by atoms with E-state index in [4.69, 9.17) is 10.6 Å². The summed E-state index contributed by atoms with van der Waals surface area (Å²) in [4.78, 5) is 12.9. The van der Waals surface area contributed by atoms with Gasteiger partial charge in [0, 0.05) is 12.5 Å². The number of hydrogen-bond donors (Lipinski definition) is 1. The highest BCUT2D eigenvalue weighted by Crippen LogP contribution is 2.43. The van der Waals surface area contributed by atoms with Crippen LogP contribution in [-0.4, -0.2) is 40.2 Å². The maximum absolute atomic E-state index is 13.3. The van der Waals surface area contributed by atoms with Crippen LogP contribution in [0.25, 0.3) is 0 Å². The first-order valence-corrected chi connectivity index (χ1v) is 14.4. The average Bonchev–Trinajstić information content (AvgIpc) is 2.81. The quantitative estimate of drug-likeness (QED) is 0.200. The van der Waals surface area contributed by atoms with Gasteiger partial charge in [0.25, 0.3) is 15.7 Å². The number of sulfonamides is 1. The predicted octanol–water partition coefficient (Wildman–Crippen LogP) is 4.54. The topological polar surface area (TPSA) is 119 Å². The number of ether oxygens (including phenoxy) is 1. The van der Waals surface area contributed by atoms with E-state index >= 15 is 0 Å². The molecule has 0 aliphatic carbocycles.